The maximum absolute atomic E-state index is 12.9. The number of piperidine rings is 1. The maximum Gasteiger partial charge on any atom is 0.268 e. The van der Waals surface area contributed by atoms with Crippen LogP contribution in [0.1, 0.15) is 45.7 Å². The van der Waals surface area contributed by atoms with Gasteiger partial charge in [-0.2, -0.15) is 0 Å². The van der Waals surface area contributed by atoms with Crippen LogP contribution in [0.2, 0.25) is 0 Å². The largest absolute Gasteiger partial charge is 0.496 e. The van der Waals surface area contributed by atoms with Crippen LogP contribution in [-0.4, -0.2) is 56.1 Å². The van der Waals surface area contributed by atoms with Gasteiger partial charge < -0.3 is 29.4 Å². The van der Waals surface area contributed by atoms with Gasteiger partial charge in [-0.1, -0.05) is 12.1 Å². The second-order valence-corrected chi connectivity index (χ2v) is 8.02. The molecule has 8 heteroatoms. The normalized spacial score (nSPS) is 13.6. The minimum atomic E-state index is -0.276. The Hall–Kier alpha value is -3.68. The van der Waals surface area contributed by atoms with Gasteiger partial charge in [-0.25, -0.2) is 0 Å². The number of carbonyl (C=O) groups excluding carboxylic acids is 2. The molecule has 2 heterocycles. The summed E-state index contributed by atoms with van der Waals surface area (Å²) in [6, 6.07) is 10.9. The molecule has 1 fully saturated rings. The van der Waals surface area contributed by atoms with E-state index in [0.29, 0.717) is 40.6 Å². The fourth-order valence-corrected chi connectivity index (χ4v) is 4.23. The lowest BCUT2D eigenvalue weighted by atomic mass is 10.1. The number of fused-ring (bicyclic) bond motifs is 1. The molecule has 8 nitrogen and oxygen atoms in total. The average Bonchev–Trinajstić information content (AvgIpc) is 3.32. The van der Waals surface area contributed by atoms with E-state index >= 15 is 0 Å². The third-order valence-electron chi connectivity index (χ3n) is 5.96. The quantitative estimate of drug-likeness (QED) is 0.571. The van der Waals surface area contributed by atoms with Crippen molar-refractivity contribution in [3.05, 3.63) is 53.2 Å². The van der Waals surface area contributed by atoms with Crippen molar-refractivity contribution < 1.29 is 23.8 Å². The van der Waals surface area contributed by atoms with Crippen molar-refractivity contribution in [2.45, 2.75) is 25.8 Å². The number of ether oxygens (including phenoxy) is 3. The highest BCUT2D eigenvalue weighted by Crippen LogP contribution is 2.41. The van der Waals surface area contributed by atoms with E-state index in [-0.39, 0.29) is 11.8 Å². The third kappa shape index (κ3) is 4.60. The minimum Gasteiger partial charge on any atom is -0.496 e. The lowest BCUT2D eigenvalue weighted by molar-refractivity contribution is 0.0724. The van der Waals surface area contributed by atoms with Crippen molar-refractivity contribution in [3.63, 3.8) is 0 Å². The molecule has 4 rings (SSSR count). The first-order chi connectivity index (χ1) is 16.0. The monoisotopic (exact) mass is 451 g/mol. The summed E-state index contributed by atoms with van der Waals surface area (Å²) in [5.41, 5.74) is 2.50. The molecule has 0 unspecified atom stereocenters. The molecule has 0 saturated carbocycles. The third-order valence-corrected chi connectivity index (χ3v) is 5.96. The van der Waals surface area contributed by atoms with E-state index in [1.807, 2.05) is 29.2 Å². The topological polar surface area (TPSA) is 92.9 Å². The van der Waals surface area contributed by atoms with Crippen molar-refractivity contribution in [3.8, 4) is 17.2 Å². The molecule has 0 radical (unpaired) electrons. The Kier molecular flexibility index (Phi) is 6.72. The number of amides is 2. The van der Waals surface area contributed by atoms with Crippen LogP contribution in [0.3, 0.4) is 0 Å². The van der Waals surface area contributed by atoms with Gasteiger partial charge in [0.1, 0.15) is 11.4 Å². The molecule has 1 saturated heterocycles. The van der Waals surface area contributed by atoms with E-state index in [0.717, 1.165) is 36.9 Å². The Morgan fingerprint density at radius 2 is 1.73 bits per heavy atom. The molecule has 0 atom stereocenters. The molecule has 1 aliphatic heterocycles. The zero-order valence-corrected chi connectivity index (χ0v) is 19.2. The molecule has 2 N–H and O–H groups in total. The fourth-order valence-electron chi connectivity index (χ4n) is 4.23. The molecule has 1 aromatic heterocycles. The summed E-state index contributed by atoms with van der Waals surface area (Å²) in [4.78, 5) is 30.7. The molecule has 2 amide bonds. The van der Waals surface area contributed by atoms with E-state index in [9.17, 15) is 9.59 Å². The highest BCUT2D eigenvalue weighted by molar-refractivity contribution is 6.02. The Labute approximate surface area is 192 Å². The van der Waals surface area contributed by atoms with Crippen LogP contribution in [0.25, 0.3) is 10.9 Å². The number of hydrogen-bond acceptors (Lipinski definition) is 5. The second-order valence-electron chi connectivity index (χ2n) is 8.02. The van der Waals surface area contributed by atoms with Crippen molar-refractivity contribution in [2.24, 2.45) is 0 Å². The van der Waals surface area contributed by atoms with Gasteiger partial charge in [-0.05, 0) is 43.0 Å². The standard InChI is InChI=1S/C25H29N3O5/c1-31-20-14-21(32-2)23(33-3)22-18(20)13-19(27-22)24(29)26-15-16-8-7-9-17(12-16)25(30)28-10-5-4-6-11-28/h7-9,12-14,27H,4-6,10-11,15H2,1-3H3,(H,26,29). The summed E-state index contributed by atoms with van der Waals surface area (Å²) >= 11 is 0. The number of benzene rings is 2. The molecule has 0 bridgehead atoms. The minimum absolute atomic E-state index is 0.0478. The maximum atomic E-state index is 12.9. The van der Waals surface area contributed by atoms with E-state index in [1.54, 1.807) is 33.5 Å². The molecular weight excluding hydrogens is 422 g/mol. The van der Waals surface area contributed by atoms with E-state index in [2.05, 4.69) is 10.3 Å². The Morgan fingerprint density at radius 3 is 2.42 bits per heavy atom. The van der Waals surface area contributed by atoms with Crippen LogP contribution in [0.15, 0.2) is 36.4 Å². The zero-order valence-electron chi connectivity index (χ0n) is 19.2. The number of aromatic nitrogens is 1. The van der Waals surface area contributed by atoms with Gasteiger partial charge >= 0.3 is 0 Å². The zero-order chi connectivity index (χ0) is 23.4. The van der Waals surface area contributed by atoms with Gasteiger partial charge in [-0.15, -0.1) is 0 Å². The smallest absolute Gasteiger partial charge is 0.268 e. The number of nitrogens with zero attached hydrogens (tertiary/aromatic N) is 1. The van der Waals surface area contributed by atoms with Gasteiger partial charge in [0.25, 0.3) is 11.8 Å². The van der Waals surface area contributed by atoms with Crippen molar-refractivity contribution in [1.82, 2.24) is 15.2 Å². The lowest BCUT2D eigenvalue weighted by Gasteiger charge is -2.26. The molecule has 0 spiro atoms. The van der Waals surface area contributed by atoms with Gasteiger partial charge in [0.2, 0.25) is 0 Å². The first kappa shape index (κ1) is 22.5. The molecule has 1 aliphatic rings. The summed E-state index contributed by atoms with van der Waals surface area (Å²) in [6.07, 6.45) is 3.27. The molecule has 33 heavy (non-hydrogen) atoms. The molecule has 2 aromatic carbocycles. The van der Waals surface area contributed by atoms with Gasteiger partial charge in [0, 0.05) is 36.7 Å². The van der Waals surface area contributed by atoms with Crippen molar-refractivity contribution in [1.29, 1.82) is 0 Å². The van der Waals surface area contributed by atoms with Crippen LogP contribution in [0, 0.1) is 0 Å². The summed E-state index contributed by atoms with van der Waals surface area (Å²) in [6.45, 7) is 1.91. The SMILES string of the molecule is COc1cc(OC)c2cc(C(=O)NCc3cccc(C(=O)N4CCCCC4)c3)[nH]c2c1OC. The summed E-state index contributed by atoms with van der Waals surface area (Å²) in [5, 5.41) is 3.63. The van der Waals surface area contributed by atoms with Crippen molar-refractivity contribution in [2.75, 3.05) is 34.4 Å². The predicted molar refractivity (Wildman–Crippen MR) is 125 cm³/mol. The van der Waals surface area contributed by atoms with E-state index < -0.39 is 0 Å². The van der Waals surface area contributed by atoms with E-state index in [1.165, 1.54) is 6.42 Å². The number of aromatic amines is 1. The number of H-pyrrole nitrogens is 1. The predicted octanol–water partition coefficient (Wildman–Crippen LogP) is 3.75. The Morgan fingerprint density at radius 1 is 0.970 bits per heavy atom. The number of likely N-dealkylation sites (tertiary alicyclic amines) is 1. The van der Waals surface area contributed by atoms with Gasteiger partial charge in [0.05, 0.1) is 26.8 Å². The second kappa shape index (κ2) is 9.85. The number of carbonyl (C=O) groups is 2. The lowest BCUT2D eigenvalue weighted by Crippen LogP contribution is -2.35. The first-order valence-corrected chi connectivity index (χ1v) is 11.0. The number of hydrogen-bond donors (Lipinski definition) is 2. The van der Waals surface area contributed by atoms with Crippen LogP contribution in [0.4, 0.5) is 0 Å². The fraction of sp³-hybridized carbons (Fsp3) is 0.360. The number of nitrogens with one attached hydrogen (secondary N) is 2. The van der Waals surface area contributed by atoms with Crippen LogP contribution in [-0.2, 0) is 6.54 Å². The van der Waals surface area contributed by atoms with Crippen LogP contribution in [0.5, 0.6) is 17.2 Å². The van der Waals surface area contributed by atoms with Gasteiger partial charge in [-0.3, -0.25) is 9.59 Å². The Balaban J connectivity index is 1.50. The summed E-state index contributed by atoms with van der Waals surface area (Å²) in [7, 11) is 4.65. The number of methoxy groups -OCH3 is 3. The average molecular weight is 452 g/mol. The van der Waals surface area contributed by atoms with Crippen LogP contribution >= 0.6 is 0 Å². The van der Waals surface area contributed by atoms with Gasteiger partial charge in [0.15, 0.2) is 11.5 Å². The molecule has 3 aromatic rings. The Bertz CT molecular complexity index is 1160. The highest BCUT2D eigenvalue weighted by Gasteiger charge is 2.20. The summed E-state index contributed by atoms with van der Waals surface area (Å²) in [5.74, 6) is 1.35. The molecule has 174 valence electrons. The summed E-state index contributed by atoms with van der Waals surface area (Å²) < 4.78 is 16.3. The van der Waals surface area contributed by atoms with Crippen molar-refractivity contribution >= 4 is 22.7 Å². The molecular formula is C25H29N3O5. The first-order valence-electron chi connectivity index (χ1n) is 11.0. The van der Waals surface area contributed by atoms with Crippen LogP contribution < -0.4 is 19.5 Å². The van der Waals surface area contributed by atoms with E-state index in [4.69, 9.17) is 14.2 Å². The number of rotatable bonds is 7. The highest BCUT2D eigenvalue weighted by atomic mass is 16.5. The molecule has 0 aliphatic carbocycles.